The number of nitrogens with zero attached hydrogens (tertiary/aromatic N) is 4. The Balaban J connectivity index is 1.35. The van der Waals surface area contributed by atoms with Crippen LogP contribution in [0.15, 0.2) is 30.7 Å². The standard InChI is InChI=1S/C23H26N6O3/c1-23(2)16-12-29(22(32)14-3-4-17-25-7-8-28(17)11-14)19(18(16)23)21(31)27-15(10-24)9-13-5-6-26-20(13)30/h3-4,7-8,11,13,15-16,18-19H,5-6,9,12H2,1-2H3,(H,26,30)(H,27,31)/t13-,15-,16-,18-,19-/m0/s1. The van der Waals surface area contributed by atoms with Gasteiger partial charge in [-0.3, -0.25) is 14.4 Å². The first-order chi connectivity index (χ1) is 15.3. The van der Waals surface area contributed by atoms with Gasteiger partial charge in [0.25, 0.3) is 5.91 Å². The third-order valence-electron chi connectivity index (χ3n) is 7.53. The van der Waals surface area contributed by atoms with Crippen molar-refractivity contribution in [1.82, 2.24) is 24.9 Å². The largest absolute Gasteiger partial charge is 0.356 e. The number of hydrogen-bond donors (Lipinski definition) is 2. The highest BCUT2D eigenvalue weighted by atomic mass is 16.2. The van der Waals surface area contributed by atoms with Gasteiger partial charge >= 0.3 is 0 Å². The van der Waals surface area contributed by atoms with Gasteiger partial charge in [0.05, 0.1) is 11.6 Å². The van der Waals surface area contributed by atoms with E-state index in [-0.39, 0.29) is 47.3 Å². The zero-order valence-electron chi connectivity index (χ0n) is 18.1. The average Bonchev–Trinajstić information content (AvgIpc) is 3.31. The summed E-state index contributed by atoms with van der Waals surface area (Å²) in [5.74, 6) is -0.556. The van der Waals surface area contributed by atoms with Gasteiger partial charge in [-0.2, -0.15) is 5.26 Å². The molecular weight excluding hydrogens is 408 g/mol. The molecular formula is C23H26N6O3. The van der Waals surface area contributed by atoms with E-state index in [2.05, 4.69) is 35.5 Å². The summed E-state index contributed by atoms with van der Waals surface area (Å²) < 4.78 is 1.78. The summed E-state index contributed by atoms with van der Waals surface area (Å²) in [4.78, 5) is 44.5. The normalized spacial score (nSPS) is 28.7. The van der Waals surface area contributed by atoms with Gasteiger partial charge in [0.1, 0.15) is 17.7 Å². The number of fused-ring (bicyclic) bond motifs is 2. The van der Waals surface area contributed by atoms with Gasteiger partial charge in [0, 0.05) is 37.6 Å². The Bertz CT molecular complexity index is 1150. The van der Waals surface area contributed by atoms with Gasteiger partial charge < -0.3 is 19.9 Å². The molecule has 5 atom stereocenters. The number of hydrogen-bond acceptors (Lipinski definition) is 5. The summed E-state index contributed by atoms with van der Waals surface area (Å²) in [5, 5.41) is 15.2. The molecule has 9 nitrogen and oxygen atoms in total. The number of aromatic nitrogens is 2. The topological polar surface area (TPSA) is 120 Å². The summed E-state index contributed by atoms with van der Waals surface area (Å²) in [6.07, 6.45) is 6.11. The van der Waals surface area contributed by atoms with Crippen molar-refractivity contribution < 1.29 is 14.4 Å². The Hall–Kier alpha value is -3.41. The average molecular weight is 435 g/mol. The third-order valence-corrected chi connectivity index (χ3v) is 7.53. The van der Waals surface area contributed by atoms with Gasteiger partial charge in [-0.05, 0) is 42.2 Å². The van der Waals surface area contributed by atoms with E-state index in [9.17, 15) is 19.6 Å². The molecule has 0 aromatic carbocycles. The highest BCUT2D eigenvalue weighted by Crippen LogP contribution is 2.65. The fourth-order valence-electron chi connectivity index (χ4n) is 5.56. The minimum absolute atomic E-state index is 0.0272. The van der Waals surface area contributed by atoms with Crippen LogP contribution in [-0.2, 0) is 9.59 Å². The SMILES string of the molecule is CC1(C)[C@@H]2[C@@H](C(=O)N[C@H](C#N)C[C@@H]3CCNC3=O)N(C(=O)c3ccc4nccn4c3)C[C@@H]21. The molecule has 0 spiro atoms. The van der Waals surface area contributed by atoms with Crippen molar-refractivity contribution in [3.8, 4) is 6.07 Å². The van der Waals surface area contributed by atoms with E-state index in [1.54, 1.807) is 40.0 Å². The van der Waals surface area contributed by atoms with Crippen LogP contribution in [0.5, 0.6) is 0 Å². The number of likely N-dealkylation sites (tertiary alicyclic amines) is 1. The molecule has 2 aromatic rings. The monoisotopic (exact) mass is 434 g/mol. The lowest BCUT2D eigenvalue weighted by atomic mass is 9.97. The molecule has 4 heterocycles. The fraction of sp³-hybridized carbons (Fsp3) is 0.522. The molecule has 9 heteroatoms. The molecule has 166 valence electrons. The van der Waals surface area contributed by atoms with Crippen LogP contribution in [0.25, 0.3) is 5.65 Å². The molecule has 2 aliphatic heterocycles. The summed E-state index contributed by atoms with van der Waals surface area (Å²) in [5.41, 5.74) is 1.21. The zero-order valence-corrected chi connectivity index (χ0v) is 18.1. The van der Waals surface area contributed by atoms with Crippen molar-refractivity contribution >= 4 is 23.4 Å². The fourth-order valence-corrected chi connectivity index (χ4v) is 5.56. The van der Waals surface area contributed by atoms with E-state index in [4.69, 9.17) is 0 Å². The van der Waals surface area contributed by atoms with Crippen molar-refractivity contribution in [3.63, 3.8) is 0 Å². The number of nitriles is 1. The Kier molecular flexibility index (Phi) is 4.69. The molecule has 32 heavy (non-hydrogen) atoms. The molecule has 1 saturated carbocycles. The third kappa shape index (κ3) is 3.22. The number of carbonyl (C=O) groups is 3. The number of piperidine rings is 1. The highest BCUT2D eigenvalue weighted by Gasteiger charge is 2.69. The molecule has 0 unspecified atom stereocenters. The number of imidazole rings is 1. The molecule has 2 saturated heterocycles. The minimum atomic E-state index is -0.767. The van der Waals surface area contributed by atoms with Gasteiger partial charge in [-0.1, -0.05) is 13.8 Å². The van der Waals surface area contributed by atoms with Gasteiger partial charge in [0.2, 0.25) is 11.8 Å². The van der Waals surface area contributed by atoms with Gasteiger partial charge in [0.15, 0.2) is 0 Å². The molecule has 1 aliphatic carbocycles. The van der Waals surface area contributed by atoms with Crippen molar-refractivity contribution in [3.05, 3.63) is 36.3 Å². The predicted octanol–water partition coefficient (Wildman–Crippen LogP) is 0.965. The maximum Gasteiger partial charge on any atom is 0.256 e. The lowest BCUT2D eigenvalue weighted by Gasteiger charge is -2.31. The lowest BCUT2D eigenvalue weighted by Crippen LogP contribution is -2.52. The second kappa shape index (κ2) is 7.33. The van der Waals surface area contributed by atoms with E-state index < -0.39 is 12.1 Å². The maximum atomic E-state index is 13.4. The number of amides is 3. The number of carbonyl (C=O) groups excluding carboxylic acids is 3. The first-order valence-electron chi connectivity index (χ1n) is 11.0. The smallest absolute Gasteiger partial charge is 0.256 e. The Morgan fingerprint density at radius 2 is 2.22 bits per heavy atom. The second-order valence-corrected chi connectivity index (χ2v) is 9.67. The van der Waals surface area contributed by atoms with Crippen molar-refractivity contribution in [2.45, 2.75) is 38.8 Å². The first kappa shape index (κ1) is 20.5. The lowest BCUT2D eigenvalue weighted by molar-refractivity contribution is -0.127. The Labute approximate surface area is 185 Å². The van der Waals surface area contributed by atoms with E-state index in [0.29, 0.717) is 25.1 Å². The summed E-state index contributed by atoms with van der Waals surface area (Å²) >= 11 is 0. The molecule has 3 fully saturated rings. The molecule has 5 rings (SSSR count). The summed E-state index contributed by atoms with van der Waals surface area (Å²) in [6, 6.07) is 4.23. The van der Waals surface area contributed by atoms with Crippen LogP contribution >= 0.6 is 0 Å². The van der Waals surface area contributed by atoms with E-state index in [0.717, 1.165) is 5.65 Å². The van der Waals surface area contributed by atoms with Crippen LogP contribution in [0, 0.1) is 34.5 Å². The predicted molar refractivity (Wildman–Crippen MR) is 114 cm³/mol. The van der Waals surface area contributed by atoms with Crippen molar-refractivity contribution in [2.75, 3.05) is 13.1 Å². The maximum absolute atomic E-state index is 13.4. The van der Waals surface area contributed by atoms with Crippen LogP contribution in [0.2, 0.25) is 0 Å². The summed E-state index contributed by atoms with van der Waals surface area (Å²) in [6.45, 7) is 5.34. The van der Waals surface area contributed by atoms with Crippen molar-refractivity contribution in [2.24, 2.45) is 23.2 Å². The number of nitrogens with one attached hydrogen (secondary N) is 2. The van der Waals surface area contributed by atoms with Crippen LogP contribution in [0.4, 0.5) is 0 Å². The minimum Gasteiger partial charge on any atom is -0.356 e. The Morgan fingerprint density at radius 1 is 1.41 bits per heavy atom. The van der Waals surface area contributed by atoms with Gasteiger partial charge in [-0.15, -0.1) is 0 Å². The van der Waals surface area contributed by atoms with Crippen LogP contribution < -0.4 is 10.6 Å². The molecule has 0 bridgehead atoms. The second-order valence-electron chi connectivity index (χ2n) is 9.67. The van der Waals surface area contributed by atoms with Crippen LogP contribution in [0.1, 0.15) is 37.0 Å². The van der Waals surface area contributed by atoms with Crippen LogP contribution in [0.3, 0.4) is 0 Å². The van der Waals surface area contributed by atoms with E-state index in [1.165, 1.54) is 0 Å². The molecule has 3 aliphatic rings. The van der Waals surface area contributed by atoms with Crippen molar-refractivity contribution in [1.29, 1.82) is 5.26 Å². The van der Waals surface area contributed by atoms with Crippen LogP contribution in [-0.4, -0.2) is 57.2 Å². The van der Waals surface area contributed by atoms with E-state index in [1.807, 2.05) is 0 Å². The molecule has 2 N–H and O–H groups in total. The number of rotatable bonds is 5. The van der Waals surface area contributed by atoms with E-state index >= 15 is 0 Å². The molecule has 0 radical (unpaired) electrons. The van der Waals surface area contributed by atoms with Gasteiger partial charge in [-0.25, -0.2) is 4.98 Å². The Morgan fingerprint density at radius 3 is 2.94 bits per heavy atom. The summed E-state index contributed by atoms with van der Waals surface area (Å²) in [7, 11) is 0. The highest BCUT2D eigenvalue weighted by molar-refractivity contribution is 5.98. The quantitative estimate of drug-likeness (QED) is 0.727. The first-order valence-corrected chi connectivity index (χ1v) is 11.0. The molecule has 3 amide bonds. The molecule has 2 aromatic heterocycles. The number of pyridine rings is 1. The zero-order chi connectivity index (χ0) is 22.6.